The molecular weight excluding hydrogens is 340 g/mol. The molecule has 3 rings (SSSR count). The van der Waals surface area contributed by atoms with Crippen molar-refractivity contribution in [1.29, 1.82) is 0 Å². The Bertz CT molecular complexity index is 720. The number of aryl methyl sites for hydroxylation is 1. The minimum Gasteiger partial charge on any atom is -0.383 e. The van der Waals surface area contributed by atoms with E-state index < -0.39 is 0 Å². The lowest BCUT2D eigenvalue weighted by atomic mass is 9.92. The second kappa shape index (κ2) is 9.67. The van der Waals surface area contributed by atoms with Crippen LogP contribution in [0.25, 0.3) is 0 Å². The number of ether oxygens (including phenoxy) is 1. The van der Waals surface area contributed by atoms with E-state index in [1.165, 1.54) is 18.4 Å². The fourth-order valence-electron chi connectivity index (χ4n) is 3.63. The number of rotatable bonds is 8. The van der Waals surface area contributed by atoms with Crippen LogP contribution in [0.15, 0.2) is 36.7 Å². The lowest BCUT2D eigenvalue weighted by molar-refractivity contribution is 0.0680. The van der Waals surface area contributed by atoms with E-state index in [1.54, 1.807) is 18.0 Å². The molecule has 1 aliphatic rings. The van der Waals surface area contributed by atoms with Gasteiger partial charge in [0, 0.05) is 44.6 Å². The number of carbonyl (C=O) groups excluding carboxylic acids is 1. The van der Waals surface area contributed by atoms with Gasteiger partial charge in [0.2, 0.25) is 0 Å². The normalized spacial score (nSPS) is 17.0. The largest absolute Gasteiger partial charge is 0.383 e. The van der Waals surface area contributed by atoms with Gasteiger partial charge in [0.1, 0.15) is 0 Å². The van der Waals surface area contributed by atoms with Gasteiger partial charge in [0.25, 0.3) is 5.91 Å². The Morgan fingerprint density at radius 1 is 1.33 bits per heavy atom. The van der Waals surface area contributed by atoms with E-state index in [4.69, 9.17) is 4.74 Å². The molecule has 1 aromatic heterocycles. The number of nitrogens with one attached hydrogen (secondary N) is 1. The second-order valence-corrected chi connectivity index (χ2v) is 7.36. The monoisotopic (exact) mass is 370 g/mol. The minimum absolute atomic E-state index is 0.0294. The molecule has 6 heteroatoms. The molecule has 1 fully saturated rings. The molecule has 1 N–H and O–H groups in total. The van der Waals surface area contributed by atoms with Crippen LogP contribution in [-0.4, -0.2) is 53.9 Å². The van der Waals surface area contributed by atoms with Crippen LogP contribution >= 0.6 is 0 Å². The predicted molar refractivity (Wildman–Crippen MR) is 106 cm³/mol. The Kier molecular flexibility index (Phi) is 7.01. The molecule has 1 aliphatic heterocycles. The number of aromatic nitrogens is 2. The van der Waals surface area contributed by atoms with Crippen molar-refractivity contribution >= 4 is 5.91 Å². The molecule has 6 nitrogen and oxygen atoms in total. The first kappa shape index (κ1) is 19.6. The number of methoxy groups -OCH3 is 1. The highest BCUT2D eigenvalue weighted by atomic mass is 16.5. The molecule has 27 heavy (non-hydrogen) atoms. The highest BCUT2D eigenvalue weighted by Crippen LogP contribution is 2.18. The van der Waals surface area contributed by atoms with Gasteiger partial charge in [-0.3, -0.25) is 9.48 Å². The summed E-state index contributed by atoms with van der Waals surface area (Å²) in [5.41, 5.74) is 3.04. The van der Waals surface area contributed by atoms with E-state index in [-0.39, 0.29) is 5.91 Å². The fourth-order valence-corrected chi connectivity index (χ4v) is 3.63. The van der Waals surface area contributed by atoms with Crippen molar-refractivity contribution < 1.29 is 9.53 Å². The first-order valence-corrected chi connectivity index (χ1v) is 9.71. The third kappa shape index (κ3) is 5.65. The summed E-state index contributed by atoms with van der Waals surface area (Å²) in [5, 5.41) is 7.66. The average Bonchev–Trinajstić information content (AvgIpc) is 3.11. The number of benzene rings is 1. The van der Waals surface area contributed by atoms with Gasteiger partial charge in [-0.25, -0.2) is 0 Å². The van der Waals surface area contributed by atoms with Crippen LogP contribution in [0.5, 0.6) is 0 Å². The van der Waals surface area contributed by atoms with Crippen LogP contribution in [-0.2, 0) is 24.8 Å². The number of nitrogens with zero attached hydrogens (tertiary/aromatic N) is 3. The van der Waals surface area contributed by atoms with Crippen molar-refractivity contribution in [3.05, 3.63) is 53.3 Å². The van der Waals surface area contributed by atoms with Gasteiger partial charge in [0.15, 0.2) is 0 Å². The maximum atomic E-state index is 13.0. The van der Waals surface area contributed by atoms with Crippen molar-refractivity contribution in [3.63, 3.8) is 0 Å². The highest BCUT2D eigenvalue weighted by Gasteiger charge is 2.18. The SMILES string of the molecule is COCCN(Cc1cnn(C)c1)C(=O)c1ccc(C[C@H]2CCCNC2)cc1. The Balaban J connectivity index is 1.64. The highest BCUT2D eigenvalue weighted by molar-refractivity contribution is 5.94. The van der Waals surface area contributed by atoms with Crippen LogP contribution < -0.4 is 5.32 Å². The van der Waals surface area contributed by atoms with Crippen LogP contribution in [0.3, 0.4) is 0 Å². The summed E-state index contributed by atoms with van der Waals surface area (Å²) in [6.45, 7) is 3.83. The van der Waals surface area contributed by atoms with E-state index in [1.807, 2.05) is 30.3 Å². The predicted octanol–water partition coefficient (Wildman–Crippen LogP) is 2.25. The molecule has 1 atom stereocenters. The van der Waals surface area contributed by atoms with Crippen LogP contribution in [0.1, 0.15) is 34.3 Å². The minimum atomic E-state index is 0.0294. The molecule has 0 spiro atoms. The summed E-state index contributed by atoms with van der Waals surface area (Å²) in [7, 11) is 3.53. The Labute approximate surface area is 161 Å². The van der Waals surface area contributed by atoms with Gasteiger partial charge in [-0.05, 0) is 56.0 Å². The lowest BCUT2D eigenvalue weighted by Gasteiger charge is -2.23. The number of piperidine rings is 1. The molecule has 2 aromatic rings. The molecule has 0 radical (unpaired) electrons. The van der Waals surface area contributed by atoms with Crippen molar-refractivity contribution in [3.8, 4) is 0 Å². The van der Waals surface area contributed by atoms with Gasteiger partial charge in [-0.1, -0.05) is 12.1 Å². The maximum Gasteiger partial charge on any atom is 0.254 e. The summed E-state index contributed by atoms with van der Waals surface area (Å²) in [4.78, 5) is 14.8. The molecule has 1 amide bonds. The summed E-state index contributed by atoms with van der Waals surface area (Å²) in [6, 6.07) is 8.11. The Hall–Kier alpha value is -2.18. The van der Waals surface area contributed by atoms with Crippen LogP contribution in [0, 0.1) is 5.92 Å². The van der Waals surface area contributed by atoms with Gasteiger partial charge < -0.3 is 15.0 Å². The van der Waals surface area contributed by atoms with Crippen LogP contribution in [0.2, 0.25) is 0 Å². The molecule has 2 heterocycles. The number of amides is 1. The van der Waals surface area contributed by atoms with Crippen molar-refractivity contribution in [2.75, 3.05) is 33.4 Å². The van der Waals surface area contributed by atoms with Gasteiger partial charge >= 0.3 is 0 Å². The maximum absolute atomic E-state index is 13.0. The smallest absolute Gasteiger partial charge is 0.254 e. The Morgan fingerprint density at radius 3 is 2.78 bits per heavy atom. The van der Waals surface area contributed by atoms with Crippen molar-refractivity contribution in [2.24, 2.45) is 13.0 Å². The summed E-state index contributed by atoms with van der Waals surface area (Å²) in [5.74, 6) is 0.728. The molecule has 1 saturated heterocycles. The first-order chi connectivity index (χ1) is 13.2. The average molecular weight is 370 g/mol. The molecule has 0 bridgehead atoms. The van der Waals surface area contributed by atoms with Crippen LogP contribution in [0.4, 0.5) is 0 Å². The number of hydrogen-bond donors (Lipinski definition) is 1. The zero-order valence-corrected chi connectivity index (χ0v) is 16.4. The van der Waals surface area contributed by atoms with E-state index in [0.717, 1.165) is 30.6 Å². The number of hydrogen-bond acceptors (Lipinski definition) is 4. The Morgan fingerprint density at radius 2 is 2.15 bits per heavy atom. The summed E-state index contributed by atoms with van der Waals surface area (Å²) in [6.07, 6.45) is 7.35. The zero-order valence-electron chi connectivity index (χ0n) is 16.4. The summed E-state index contributed by atoms with van der Waals surface area (Å²) >= 11 is 0. The second-order valence-electron chi connectivity index (χ2n) is 7.36. The van der Waals surface area contributed by atoms with Gasteiger partial charge in [0.05, 0.1) is 12.8 Å². The third-order valence-corrected chi connectivity index (χ3v) is 5.11. The van der Waals surface area contributed by atoms with Gasteiger partial charge in [-0.2, -0.15) is 5.10 Å². The first-order valence-electron chi connectivity index (χ1n) is 9.71. The molecule has 146 valence electrons. The standard InChI is InChI=1S/C21H30N4O2/c1-24-15-19(14-23-24)16-25(10-11-27-2)21(26)20-7-5-17(6-8-20)12-18-4-3-9-22-13-18/h5-8,14-15,18,22H,3-4,9-13,16H2,1-2H3/t18-/m1/s1. The quantitative estimate of drug-likeness (QED) is 0.774. The molecule has 0 aliphatic carbocycles. The van der Waals surface area contributed by atoms with E-state index in [0.29, 0.717) is 25.6 Å². The van der Waals surface area contributed by atoms with Crippen molar-refractivity contribution in [2.45, 2.75) is 25.8 Å². The summed E-state index contributed by atoms with van der Waals surface area (Å²) < 4.78 is 6.94. The van der Waals surface area contributed by atoms with E-state index in [9.17, 15) is 4.79 Å². The molecular formula is C21H30N4O2. The zero-order chi connectivity index (χ0) is 19.1. The molecule has 0 saturated carbocycles. The van der Waals surface area contributed by atoms with Crippen molar-refractivity contribution in [1.82, 2.24) is 20.0 Å². The fraction of sp³-hybridized carbons (Fsp3) is 0.524. The third-order valence-electron chi connectivity index (χ3n) is 5.11. The molecule has 0 unspecified atom stereocenters. The molecule has 1 aromatic carbocycles. The van der Waals surface area contributed by atoms with E-state index >= 15 is 0 Å². The van der Waals surface area contributed by atoms with Gasteiger partial charge in [-0.15, -0.1) is 0 Å². The topological polar surface area (TPSA) is 59.4 Å². The lowest BCUT2D eigenvalue weighted by Crippen LogP contribution is -2.33. The number of carbonyl (C=O) groups is 1. The van der Waals surface area contributed by atoms with E-state index in [2.05, 4.69) is 22.5 Å².